The van der Waals surface area contributed by atoms with Gasteiger partial charge in [-0.3, -0.25) is 14.4 Å². The van der Waals surface area contributed by atoms with Gasteiger partial charge in [-0.05, 0) is 60.5 Å². The number of nitrogens with zero attached hydrogens (tertiary/aromatic N) is 2. The Morgan fingerprint density at radius 3 is 2.33 bits per heavy atom. The normalized spacial score (nSPS) is 11.5. The van der Waals surface area contributed by atoms with E-state index in [2.05, 4.69) is 10.4 Å². The van der Waals surface area contributed by atoms with Crippen LogP contribution in [0.1, 0.15) is 39.2 Å². The maximum atomic E-state index is 13.7. The number of aromatic carboxylic acids is 1. The molecule has 4 aromatic rings. The van der Waals surface area contributed by atoms with Crippen molar-refractivity contribution in [2.24, 2.45) is 0 Å². The fourth-order valence-corrected chi connectivity index (χ4v) is 4.46. The summed E-state index contributed by atoms with van der Waals surface area (Å²) in [6, 6.07) is 19.6. The van der Waals surface area contributed by atoms with E-state index in [0.29, 0.717) is 21.8 Å². The number of halogens is 1. The molecule has 1 amide bonds. The van der Waals surface area contributed by atoms with Crippen molar-refractivity contribution >= 4 is 34.9 Å². The number of hydrogen-bond donors (Lipinski definition) is 2. The molecule has 0 spiro atoms. The topological polar surface area (TPSA) is 137 Å². The van der Waals surface area contributed by atoms with Gasteiger partial charge in [0.15, 0.2) is 5.78 Å². The van der Waals surface area contributed by atoms with E-state index in [9.17, 15) is 24.3 Å². The Morgan fingerprint density at radius 2 is 1.69 bits per heavy atom. The minimum Gasteiger partial charge on any atom is -0.478 e. The molecule has 1 aromatic heterocycles. The Balaban J connectivity index is 1.82. The number of carboxylic acid groups (broad SMARTS) is 1. The van der Waals surface area contributed by atoms with Gasteiger partial charge in [-0.25, -0.2) is 9.48 Å². The highest BCUT2D eigenvalue weighted by molar-refractivity contribution is 6.31. The van der Waals surface area contributed by atoms with E-state index in [4.69, 9.17) is 21.1 Å². The van der Waals surface area contributed by atoms with Gasteiger partial charge in [-0.15, -0.1) is 5.10 Å². The van der Waals surface area contributed by atoms with Gasteiger partial charge in [0.2, 0.25) is 11.8 Å². The van der Waals surface area contributed by atoms with E-state index < -0.39 is 23.5 Å². The lowest BCUT2D eigenvalue weighted by Crippen LogP contribution is -2.36. The third-order valence-corrected chi connectivity index (χ3v) is 6.60. The predicted molar refractivity (Wildman–Crippen MR) is 158 cm³/mol. The molecule has 2 N–H and O–H groups in total. The molecule has 1 unspecified atom stereocenters. The van der Waals surface area contributed by atoms with E-state index >= 15 is 0 Å². The highest BCUT2D eigenvalue weighted by Gasteiger charge is 2.27. The average molecular weight is 590 g/mol. The molecule has 0 aliphatic heterocycles. The first kappa shape index (κ1) is 30.2. The van der Waals surface area contributed by atoms with E-state index in [0.717, 1.165) is 10.2 Å². The molecule has 0 radical (unpaired) electrons. The smallest absolute Gasteiger partial charge is 0.335 e. The maximum absolute atomic E-state index is 13.7. The Labute approximate surface area is 246 Å². The molecule has 1 heterocycles. The number of carboxylic acids is 1. The number of aromatic nitrogens is 2. The number of nitrogens with one attached hydrogen (secondary N) is 1. The third kappa shape index (κ3) is 7.28. The Bertz CT molecular complexity index is 1650. The standard InChI is InChI=1S/C31H28ClN3O7/c1-19(36)24-13-10-22(32)17-25(24)26-18-28(37)35(34-30(26)42-15-14-41-2)27(16-20-6-4-3-5-7-20)29(38)33-23-11-8-21(9-12-23)31(39)40/h3-13,17-18,27H,14-16H2,1-2H3,(H,33,38)(H,39,40). The van der Waals surface area contributed by atoms with Crippen LogP contribution < -0.4 is 15.6 Å². The van der Waals surface area contributed by atoms with Crippen LogP contribution in [-0.2, 0) is 16.0 Å². The van der Waals surface area contributed by atoms with Crippen molar-refractivity contribution in [1.82, 2.24) is 9.78 Å². The third-order valence-electron chi connectivity index (χ3n) is 6.37. The van der Waals surface area contributed by atoms with Crippen LogP contribution in [0, 0.1) is 0 Å². The number of benzene rings is 3. The van der Waals surface area contributed by atoms with E-state index in [-0.39, 0.29) is 42.4 Å². The van der Waals surface area contributed by atoms with Gasteiger partial charge < -0.3 is 19.9 Å². The summed E-state index contributed by atoms with van der Waals surface area (Å²) in [5.74, 6) is -1.89. The monoisotopic (exact) mass is 589 g/mol. The molecule has 0 fully saturated rings. The van der Waals surface area contributed by atoms with Gasteiger partial charge in [0.1, 0.15) is 12.6 Å². The Hall–Kier alpha value is -4.80. The second-order valence-corrected chi connectivity index (χ2v) is 9.75. The first-order chi connectivity index (χ1) is 20.2. The highest BCUT2D eigenvalue weighted by Crippen LogP contribution is 2.33. The SMILES string of the molecule is COCCOc1nn(C(Cc2ccccc2)C(=O)Nc2ccc(C(=O)O)cc2)c(=O)cc1-c1cc(Cl)ccc1C(C)=O. The first-order valence-electron chi connectivity index (χ1n) is 12.9. The van der Waals surface area contributed by atoms with Gasteiger partial charge in [-0.2, -0.15) is 0 Å². The first-order valence-corrected chi connectivity index (χ1v) is 13.3. The summed E-state index contributed by atoms with van der Waals surface area (Å²) in [5.41, 5.74) is 1.48. The largest absolute Gasteiger partial charge is 0.478 e. The molecule has 0 bridgehead atoms. The zero-order valence-electron chi connectivity index (χ0n) is 22.9. The number of ether oxygens (including phenoxy) is 2. The van der Waals surface area contributed by atoms with Crippen molar-refractivity contribution in [2.75, 3.05) is 25.6 Å². The Morgan fingerprint density at radius 1 is 0.976 bits per heavy atom. The molecule has 0 saturated carbocycles. The second kappa shape index (κ2) is 13.7. The molecule has 3 aromatic carbocycles. The summed E-state index contributed by atoms with van der Waals surface area (Å²) in [6.45, 7) is 1.70. The summed E-state index contributed by atoms with van der Waals surface area (Å²) in [7, 11) is 1.51. The predicted octanol–water partition coefficient (Wildman–Crippen LogP) is 4.91. The summed E-state index contributed by atoms with van der Waals surface area (Å²) in [6.07, 6.45) is 0.111. The van der Waals surface area contributed by atoms with Gasteiger partial charge in [0.05, 0.1) is 17.7 Å². The molecule has 216 valence electrons. The lowest BCUT2D eigenvalue weighted by molar-refractivity contribution is -0.119. The lowest BCUT2D eigenvalue weighted by atomic mass is 9.98. The van der Waals surface area contributed by atoms with Gasteiger partial charge in [-0.1, -0.05) is 41.9 Å². The van der Waals surface area contributed by atoms with Crippen molar-refractivity contribution in [3.63, 3.8) is 0 Å². The summed E-state index contributed by atoms with van der Waals surface area (Å²) in [5, 5.41) is 16.8. The highest BCUT2D eigenvalue weighted by atomic mass is 35.5. The molecule has 0 aliphatic carbocycles. The van der Waals surface area contributed by atoms with Gasteiger partial charge >= 0.3 is 5.97 Å². The van der Waals surface area contributed by atoms with Crippen LogP contribution >= 0.6 is 11.6 Å². The van der Waals surface area contributed by atoms with Crippen LogP contribution in [0.3, 0.4) is 0 Å². The zero-order valence-corrected chi connectivity index (χ0v) is 23.6. The maximum Gasteiger partial charge on any atom is 0.335 e. The number of Topliss-reactive ketones (excluding diaryl/α,β-unsaturated/α-hetero) is 1. The molecule has 1 atom stereocenters. The van der Waals surface area contributed by atoms with Crippen molar-refractivity contribution < 1.29 is 29.0 Å². The second-order valence-electron chi connectivity index (χ2n) is 9.31. The van der Waals surface area contributed by atoms with Crippen LogP contribution in [0.25, 0.3) is 11.1 Å². The summed E-state index contributed by atoms with van der Waals surface area (Å²) in [4.78, 5) is 50.9. The van der Waals surface area contributed by atoms with E-state index in [1.807, 2.05) is 30.3 Å². The van der Waals surface area contributed by atoms with Crippen molar-refractivity contribution in [3.8, 4) is 17.0 Å². The quantitative estimate of drug-likeness (QED) is 0.176. The van der Waals surface area contributed by atoms with Crippen LogP contribution in [-0.4, -0.2) is 52.9 Å². The number of rotatable bonds is 12. The van der Waals surface area contributed by atoms with Crippen LogP contribution in [0.15, 0.2) is 83.7 Å². The number of carbonyl (C=O) groups excluding carboxylic acids is 2. The van der Waals surface area contributed by atoms with Crippen LogP contribution in [0.2, 0.25) is 5.02 Å². The van der Waals surface area contributed by atoms with Crippen LogP contribution in [0.4, 0.5) is 5.69 Å². The number of anilines is 1. The Kier molecular flexibility index (Phi) is 9.85. The minimum absolute atomic E-state index is 0.00749. The fourth-order valence-electron chi connectivity index (χ4n) is 4.29. The zero-order chi connectivity index (χ0) is 30.2. The number of ketones is 1. The van der Waals surface area contributed by atoms with Gasteiger partial charge in [0, 0.05) is 35.9 Å². The summed E-state index contributed by atoms with van der Waals surface area (Å²) >= 11 is 6.25. The molecular formula is C31H28ClN3O7. The molecule has 42 heavy (non-hydrogen) atoms. The molecular weight excluding hydrogens is 562 g/mol. The van der Waals surface area contributed by atoms with Crippen molar-refractivity contribution in [1.29, 1.82) is 0 Å². The fraction of sp³-hybridized carbons (Fsp3) is 0.194. The molecule has 10 nitrogen and oxygen atoms in total. The van der Waals surface area contributed by atoms with Crippen molar-refractivity contribution in [2.45, 2.75) is 19.4 Å². The number of methoxy groups -OCH3 is 1. The summed E-state index contributed by atoms with van der Waals surface area (Å²) < 4.78 is 12.0. The molecule has 4 rings (SSSR count). The van der Waals surface area contributed by atoms with Gasteiger partial charge in [0.25, 0.3) is 5.56 Å². The average Bonchev–Trinajstić information content (AvgIpc) is 2.97. The molecule has 0 saturated heterocycles. The van der Waals surface area contributed by atoms with Crippen LogP contribution in [0.5, 0.6) is 5.88 Å². The van der Waals surface area contributed by atoms with E-state index in [1.54, 1.807) is 18.2 Å². The number of hydrogen-bond acceptors (Lipinski definition) is 7. The number of carbonyl (C=O) groups is 3. The lowest BCUT2D eigenvalue weighted by Gasteiger charge is -2.21. The minimum atomic E-state index is -1.12. The number of amides is 1. The molecule has 11 heteroatoms. The van der Waals surface area contributed by atoms with Crippen molar-refractivity contribution in [3.05, 3.63) is 111 Å². The molecule has 0 aliphatic rings. The van der Waals surface area contributed by atoms with E-state index in [1.165, 1.54) is 44.4 Å².